The summed E-state index contributed by atoms with van der Waals surface area (Å²) in [4.78, 5) is 0. The normalized spacial score (nSPS) is 11.0. The van der Waals surface area contributed by atoms with Crippen molar-refractivity contribution in [2.45, 2.75) is 26.4 Å². The fourth-order valence-electron chi connectivity index (χ4n) is 1.11. The Morgan fingerprint density at radius 3 is 2.07 bits per heavy atom. The van der Waals surface area contributed by atoms with E-state index in [4.69, 9.17) is 4.74 Å². The van der Waals surface area contributed by atoms with Gasteiger partial charge in [0.2, 0.25) is 0 Å². The van der Waals surface area contributed by atoms with Gasteiger partial charge >= 0.3 is 0 Å². The van der Waals surface area contributed by atoms with Crippen molar-refractivity contribution in [2.75, 3.05) is 0 Å². The maximum absolute atomic E-state index is 5.72. The van der Waals surface area contributed by atoms with Gasteiger partial charge in [-0.2, -0.15) is 0 Å². The van der Waals surface area contributed by atoms with E-state index in [1.54, 1.807) is 0 Å². The van der Waals surface area contributed by atoms with Crippen molar-refractivity contribution >= 4 is 37.9 Å². The first-order valence-electron chi connectivity index (χ1n) is 4.68. The molecule has 0 saturated heterocycles. The van der Waals surface area contributed by atoms with Crippen LogP contribution in [0.25, 0.3) is 6.08 Å². The molecule has 0 aromatic heterocycles. The van der Waals surface area contributed by atoms with Crippen molar-refractivity contribution in [1.82, 2.24) is 0 Å². The Balaban J connectivity index is 2.77. The van der Waals surface area contributed by atoms with E-state index in [-0.39, 0.29) is 5.60 Å². The summed E-state index contributed by atoms with van der Waals surface area (Å²) in [7, 11) is 0. The molecule has 0 spiro atoms. The van der Waals surface area contributed by atoms with Crippen LogP contribution >= 0.6 is 31.9 Å². The van der Waals surface area contributed by atoms with Crippen molar-refractivity contribution in [3.8, 4) is 5.75 Å². The fraction of sp³-hybridized carbons (Fsp3) is 0.333. The molecule has 0 aliphatic heterocycles. The zero-order valence-corrected chi connectivity index (χ0v) is 12.2. The van der Waals surface area contributed by atoms with Gasteiger partial charge in [-0.25, -0.2) is 0 Å². The first-order valence-corrected chi connectivity index (χ1v) is 6.27. The molecule has 0 aliphatic rings. The van der Waals surface area contributed by atoms with E-state index in [1.807, 2.05) is 51.1 Å². The van der Waals surface area contributed by atoms with Crippen molar-refractivity contribution in [3.63, 3.8) is 0 Å². The molecular formula is C12H14Br2O. The Hall–Kier alpha value is -0.280. The summed E-state index contributed by atoms with van der Waals surface area (Å²) in [5, 5.41) is 0. The standard InChI is InChI=1S/C12H14Br2O/c1-12(2,3)15-10-6-4-9(5-7-10)8-11(13)14/h4-8H,1-3H3. The van der Waals surface area contributed by atoms with E-state index in [1.165, 1.54) is 0 Å². The summed E-state index contributed by atoms with van der Waals surface area (Å²) in [6.45, 7) is 6.11. The number of halogens is 2. The summed E-state index contributed by atoms with van der Waals surface area (Å²) < 4.78 is 6.65. The average molecular weight is 334 g/mol. The quantitative estimate of drug-likeness (QED) is 0.743. The topological polar surface area (TPSA) is 9.23 Å². The first-order chi connectivity index (χ1) is 6.87. The van der Waals surface area contributed by atoms with Crippen LogP contribution in [-0.2, 0) is 0 Å². The number of rotatable bonds is 2. The minimum atomic E-state index is -0.145. The van der Waals surface area contributed by atoms with Gasteiger partial charge in [0, 0.05) is 0 Å². The Bertz CT molecular complexity index is 343. The van der Waals surface area contributed by atoms with Gasteiger partial charge < -0.3 is 4.74 Å². The summed E-state index contributed by atoms with van der Waals surface area (Å²) in [6, 6.07) is 7.98. The molecule has 0 amide bonds. The lowest BCUT2D eigenvalue weighted by molar-refractivity contribution is 0.131. The smallest absolute Gasteiger partial charge is 0.120 e. The number of hydrogen-bond donors (Lipinski definition) is 0. The van der Waals surface area contributed by atoms with Crippen LogP contribution in [0.5, 0.6) is 5.75 Å². The Labute approximate surface area is 108 Å². The van der Waals surface area contributed by atoms with Crippen LogP contribution in [-0.4, -0.2) is 5.60 Å². The maximum atomic E-state index is 5.72. The van der Waals surface area contributed by atoms with Gasteiger partial charge in [0.1, 0.15) is 11.4 Å². The van der Waals surface area contributed by atoms with Gasteiger partial charge in [-0.15, -0.1) is 0 Å². The van der Waals surface area contributed by atoms with Crippen LogP contribution in [0.15, 0.2) is 27.7 Å². The summed E-state index contributed by atoms with van der Waals surface area (Å²) in [6.07, 6.45) is 1.99. The lowest BCUT2D eigenvalue weighted by atomic mass is 10.2. The molecule has 0 fully saturated rings. The number of benzene rings is 1. The number of ether oxygens (including phenoxy) is 1. The predicted molar refractivity (Wildman–Crippen MR) is 72.7 cm³/mol. The molecule has 0 aliphatic carbocycles. The molecular weight excluding hydrogens is 320 g/mol. The molecule has 0 heterocycles. The van der Waals surface area contributed by atoms with Crippen molar-refractivity contribution in [1.29, 1.82) is 0 Å². The highest BCUT2D eigenvalue weighted by molar-refractivity contribution is 9.28. The molecule has 1 aromatic rings. The van der Waals surface area contributed by atoms with E-state index in [0.29, 0.717) is 0 Å². The fourth-order valence-corrected chi connectivity index (χ4v) is 1.64. The molecule has 0 bridgehead atoms. The highest BCUT2D eigenvalue weighted by Crippen LogP contribution is 2.22. The molecule has 82 valence electrons. The van der Waals surface area contributed by atoms with E-state index < -0.39 is 0 Å². The van der Waals surface area contributed by atoms with Gasteiger partial charge in [-0.3, -0.25) is 0 Å². The van der Waals surface area contributed by atoms with Crippen molar-refractivity contribution in [2.24, 2.45) is 0 Å². The lowest BCUT2D eigenvalue weighted by Crippen LogP contribution is -2.22. The summed E-state index contributed by atoms with van der Waals surface area (Å²) in [5.74, 6) is 0.894. The molecule has 1 rings (SSSR count). The molecule has 1 aromatic carbocycles. The van der Waals surface area contributed by atoms with Gasteiger partial charge in [0.15, 0.2) is 0 Å². The maximum Gasteiger partial charge on any atom is 0.120 e. The molecule has 0 saturated carbocycles. The second-order valence-electron chi connectivity index (χ2n) is 4.22. The zero-order valence-electron chi connectivity index (χ0n) is 9.05. The SMILES string of the molecule is CC(C)(C)Oc1ccc(C=C(Br)Br)cc1. The van der Waals surface area contributed by atoms with Crippen LogP contribution in [0.1, 0.15) is 26.3 Å². The van der Waals surface area contributed by atoms with Gasteiger partial charge in [-0.1, -0.05) is 12.1 Å². The molecule has 0 N–H and O–H groups in total. The zero-order chi connectivity index (χ0) is 11.5. The van der Waals surface area contributed by atoms with Crippen LogP contribution in [0.3, 0.4) is 0 Å². The number of hydrogen-bond acceptors (Lipinski definition) is 1. The Kier molecular flexibility index (Phi) is 4.41. The van der Waals surface area contributed by atoms with Gasteiger partial charge in [-0.05, 0) is 76.4 Å². The highest BCUT2D eigenvalue weighted by atomic mass is 79.9. The highest BCUT2D eigenvalue weighted by Gasteiger charge is 2.10. The van der Waals surface area contributed by atoms with Gasteiger partial charge in [0.05, 0.1) is 3.39 Å². The Morgan fingerprint density at radius 1 is 1.13 bits per heavy atom. The summed E-state index contributed by atoms with van der Waals surface area (Å²) in [5.41, 5.74) is 0.980. The second-order valence-corrected chi connectivity index (χ2v) is 6.99. The summed E-state index contributed by atoms with van der Waals surface area (Å²) >= 11 is 6.65. The molecule has 0 atom stereocenters. The lowest BCUT2D eigenvalue weighted by Gasteiger charge is -2.21. The van der Waals surface area contributed by atoms with Crippen molar-refractivity contribution < 1.29 is 4.74 Å². The monoisotopic (exact) mass is 332 g/mol. The third kappa shape index (κ3) is 5.38. The van der Waals surface area contributed by atoms with E-state index in [9.17, 15) is 0 Å². The average Bonchev–Trinajstić information content (AvgIpc) is 2.05. The largest absolute Gasteiger partial charge is 0.488 e. The third-order valence-electron chi connectivity index (χ3n) is 1.58. The van der Waals surface area contributed by atoms with Crippen molar-refractivity contribution in [3.05, 3.63) is 33.2 Å². The van der Waals surface area contributed by atoms with E-state index >= 15 is 0 Å². The van der Waals surface area contributed by atoms with Crippen LogP contribution in [0.2, 0.25) is 0 Å². The molecule has 0 unspecified atom stereocenters. The van der Waals surface area contributed by atoms with E-state index in [0.717, 1.165) is 14.7 Å². The first kappa shape index (κ1) is 12.8. The molecule has 0 radical (unpaired) electrons. The minimum absolute atomic E-state index is 0.145. The molecule has 1 nitrogen and oxygen atoms in total. The second kappa shape index (κ2) is 5.17. The predicted octanol–water partition coefficient (Wildman–Crippen LogP) is 4.95. The minimum Gasteiger partial charge on any atom is -0.488 e. The van der Waals surface area contributed by atoms with Crippen LogP contribution in [0, 0.1) is 0 Å². The third-order valence-corrected chi connectivity index (χ3v) is 2.04. The van der Waals surface area contributed by atoms with Crippen LogP contribution in [0.4, 0.5) is 0 Å². The van der Waals surface area contributed by atoms with Crippen LogP contribution < -0.4 is 4.74 Å². The Morgan fingerprint density at radius 2 is 1.67 bits per heavy atom. The van der Waals surface area contributed by atoms with E-state index in [2.05, 4.69) is 31.9 Å². The molecule has 3 heteroatoms. The van der Waals surface area contributed by atoms with Gasteiger partial charge in [0.25, 0.3) is 0 Å². The molecule has 15 heavy (non-hydrogen) atoms.